The molecule has 1 aromatic carbocycles. The van der Waals surface area contributed by atoms with Crippen molar-refractivity contribution >= 4 is 54.0 Å². The van der Waals surface area contributed by atoms with E-state index in [1.807, 2.05) is 13.1 Å². The monoisotopic (exact) mass is 788 g/mol. The van der Waals surface area contributed by atoms with Gasteiger partial charge in [0, 0.05) is 29.6 Å². The van der Waals surface area contributed by atoms with E-state index >= 15 is 0 Å². The second-order valence-electron chi connectivity index (χ2n) is 16.4. The molecule has 0 bridgehead atoms. The normalized spacial score (nSPS) is 16.8. The maximum Gasteiger partial charge on any atom is 0.412 e. The minimum Gasteiger partial charge on any atom is -0.457 e. The smallest absolute Gasteiger partial charge is 0.412 e. The summed E-state index contributed by atoms with van der Waals surface area (Å²) in [5, 5.41) is 6.34. The molecule has 2 aromatic heterocycles. The van der Waals surface area contributed by atoms with Gasteiger partial charge in [0.25, 0.3) is 5.56 Å². The van der Waals surface area contributed by atoms with E-state index in [-0.39, 0.29) is 43.1 Å². The summed E-state index contributed by atoms with van der Waals surface area (Å²) in [4.78, 5) is 70.6. The summed E-state index contributed by atoms with van der Waals surface area (Å²) >= 11 is 0. The Balaban J connectivity index is 1.60. The van der Waals surface area contributed by atoms with Crippen LogP contribution in [-0.2, 0) is 47.3 Å². The third-order valence-corrected chi connectivity index (χ3v) is 12.7. The number of fused-ring (bicyclic) bond motifs is 5. The zero-order chi connectivity index (χ0) is 40.9. The van der Waals surface area contributed by atoms with Crippen LogP contribution >= 0.6 is 0 Å². The standard InChI is InChI=1S/C38H47F3N4O9Si/c1-10-37(52-28(46)13-15-42-33(49)53-35(2,3)4)25-18-27-29-23(19-45(27)31(47)24(25)20-51-32(37)48)30(55(8,9)16-14-38(39,40)41)22-17-21(11-12-26(22)44-29)43-34(50)54-36(5,6)7/h11-12,17-18H,10,13-16,19-20H2,1-9H3,(H,42,49)(H,43,50). The molecular formula is C38H47F3N4O9Si. The van der Waals surface area contributed by atoms with Crippen LogP contribution in [0.5, 0.6) is 0 Å². The molecule has 2 N–H and O–H groups in total. The minimum absolute atomic E-state index is 0.0234. The first-order valence-corrected chi connectivity index (χ1v) is 21.2. The lowest BCUT2D eigenvalue weighted by atomic mass is 9.85. The van der Waals surface area contributed by atoms with Crippen LogP contribution < -0.4 is 21.4 Å². The molecule has 0 saturated carbocycles. The fourth-order valence-corrected chi connectivity index (χ4v) is 10.0. The van der Waals surface area contributed by atoms with E-state index in [1.165, 1.54) is 4.57 Å². The molecule has 55 heavy (non-hydrogen) atoms. The van der Waals surface area contributed by atoms with E-state index in [0.717, 1.165) is 0 Å². The van der Waals surface area contributed by atoms with Crippen LogP contribution in [0.2, 0.25) is 19.1 Å². The number of carbonyl (C=O) groups is 4. The van der Waals surface area contributed by atoms with Gasteiger partial charge < -0.3 is 28.8 Å². The number of aromatic nitrogens is 2. The highest BCUT2D eigenvalue weighted by Crippen LogP contribution is 2.42. The number of hydrogen-bond acceptors (Lipinski definition) is 10. The summed E-state index contributed by atoms with van der Waals surface area (Å²) in [6, 6.07) is 6.31. The molecule has 0 fully saturated rings. The van der Waals surface area contributed by atoms with Gasteiger partial charge in [-0.05, 0) is 89.0 Å². The number of carbonyl (C=O) groups excluding carboxylic acids is 4. The van der Waals surface area contributed by atoms with Gasteiger partial charge in [0.05, 0.1) is 43.5 Å². The zero-order valence-corrected chi connectivity index (χ0v) is 33.5. The molecule has 17 heteroatoms. The van der Waals surface area contributed by atoms with E-state index in [9.17, 15) is 37.1 Å². The fourth-order valence-electron chi connectivity index (χ4n) is 6.91. The van der Waals surface area contributed by atoms with Gasteiger partial charge in [-0.15, -0.1) is 0 Å². The summed E-state index contributed by atoms with van der Waals surface area (Å²) in [6.07, 6.45) is -7.29. The van der Waals surface area contributed by atoms with Crippen molar-refractivity contribution in [3.05, 3.63) is 51.3 Å². The van der Waals surface area contributed by atoms with Crippen molar-refractivity contribution in [2.75, 3.05) is 11.9 Å². The summed E-state index contributed by atoms with van der Waals surface area (Å²) in [5.74, 6) is -1.72. The molecule has 3 aromatic rings. The minimum atomic E-state index is -4.40. The van der Waals surface area contributed by atoms with E-state index in [2.05, 4.69) is 10.6 Å². The number of amides is 2. The van der Waals surface area contributed by atoms with Crippen molar-refractivity contribution in [1.29, 1.82) is 0 Å². The predicted octanol–water partition coefficient (Wildman–Crippen LogP) is 6.76. The van der Waals surface area contributed by atoms with Crippen LogP contribution in [0.15, 0.2) is 29.1 Å². The van der Waals surface area contributed by atoms with Crippen LogP contribution in [0, 0.1) is 0 Å². The quantitative estimate of drug-likeness (QED) is 0.105. The predicted molar refractivity (Wildman–Crippen MR) is 200 cm³/mol. The number of esters is 2. The van der Waals surface area contributed by atoms with Gasteiger partial charge in [-0.2, -0.15) is 13.2 Å². The Morgan fingerprint density at radius 3 is 2.25 bits per heavy atom. The number of alkyl carbamates (subject to hydrolysis) is 1. The van der Waals surface area contributed by atoms with Crippen molar-refractivity contribution in [2.45, 2.75) is 123 Å². The summed E-state index contributed by atoms with van der Waals surface area (Å²) in [5.41, 5.74) is -1.90. The maximum atomic E-state index is 14.3. The number of ether oxygens (including phenoxy) is 4. The number of halogens is 3. The Morgan fingerprint density at radius 1 is 0.982 bits per heavy atom. The van der Waals surface area contributed by atoms with Crippen LogP contribution in [-0.4, -0.2) is 65.7 Å². The van der Waals surface area contributed by atoms with Crippen LogP contribution in [0.25, 0.3) is 22.3 Å². The van der Waals surface area contributed by atoms with Crippen molar-refractivity contribution in [3.63, 3.8) is 0 Å². The Bertz CT molecular complexity index is 2120. The zero-order valence-electron chi connectivity index (χ0n) is 32.5. The summed E-state index contributed by atoms with van der Waals surface area (Å²) in [7, 11) is -3.01. The SMILES string of the molecule is CCC1(OC(=O)CCNC(=O)OC(C)(C)C)C(=O)OCc2c1cc1n(c2=O)Cc2c-1nc1ccc(NC(=O)OC(C)(C)C)cc1c2[Si](C)(C)CCC(F)(F)F. The van der Waals surface area contributed by atoms with Crippen molar-refractivity contribution in [1.82, 2.24) is 14.9 Å². The molecule has 13 nitrogen and oxygen atoms in total. The molecule has 0 aliphatic carbocycles. The molecule has 298 valence electrons. The first-order chi connectivity index (χ1) is 25.3. The highest BCUT2D eigenvalue weighted by Gasteiger charge is 2.51. The first-order valence-electron chi connectivity index (χ1n) is 18.0. The molecule has 5 rings (SSSR count). The largest absolute Gasteiger partial charge is 0.457 e. The number of pyridine rings is 2. The number of benzene rings is 1. The Kier molecular flexibility index (Phi) is 11.0. The average Bonchev–Trinajstić information content (AvgIpc) is 3.40. The Labute approximate surface area is 317 Å². The molecule has 4 heterocycles. The second-order valence-corrected chi connectivity index (χ2v) is 21.2. The number of cyclic esters (lactones) is 1. The Morgan fingerprint density at radius 2 is 1.64 bits per heavy atom. The van der Waals surface area contributed by atoms with Crippen LogP contribution in [0.3, 0.4) is 0 Å². The Hall–Kier alpha value is -4.93. The first kappa shape index (κ1) is 41.2. The van der Waals surface area contributed by atoms with Gasteiger partial charge in [-0.3, -0.25) is 14.9 Å². The molecule has 0 spiro atoms. The van der Waals surface area contributed by atoms with Crippen molar-refractivity contribution in [3.8, 4) is 11.4 Å². The van der Waals surface area contributed by atoms with Crippen LogP contribution in [0.4, 0.5) is 28.4 Å². The third kappa shape index (κ3) is 8.97. The summed E-state index contributed by atoms with van der Waals surface area (Å²) < 4.78 is 64.3. The fraction of sp³-hybridized carbons (Fsp3) is 0.526. The molecule has 0 saturated heterocycles. The number of anilines is 1. The maximum absolute atomic E-state index is 14.3. The van der Waals surface area contributed by atoms with Gasteiger partial charge in [-0.25, -0.2) is 19.4 Å². The number of rotatable bonds is 9. The number of nitrogens with one attached hydrogen (secondary N) is 2. The lowest BCUT2D eigenvalue weighted by Crippen LogP contribution is -2.48. The molecule has 1 unspecified atom stereocenters. The molecule has 0 radical (unpaired) electrons. The van der Waals surface area contributed by atoms with E-state index < -0.39 is 73.8 Å². The average molecular weight is 789 g/mol. The highest BCUT2D eigenvalue weighted by atomic mass is 28.3. The number of nitrogens with zero attached hydrogens (tertiary/aromatic N) is 2. The van der Waals surface area contributed by atoms with Gasteiger partial charge in [0.1, 0.15) is 17.8 Å². The lowest BCUT2D eigenvalue weighted by Gasteiger charge is -2.35. The summed E-state index contributed by atoms with van der Waals surface area (Å²) in [6.45, 7) is 14.9. The number of alkyl halides is 3. The topological polar surface area (TPSA) is 164 Å². The number of hydrogen-bond donors (Lipinski definition) is 2. The molecule has 2 aliphatic rings. The molecule has 2 amide bonds. The highest BCUT2D eigenvalue weighted by molar-refractivity contribution is 6.91. The molecular weight excluding hydrogens is 742 g/mol. The van der Waals surface area contributed by atoms with Crippen molar-refractivity contribution < 1.29 is 51.3 Å². The third-order valence-electron chi connectivity index (χ3n) is 9.30. The lowest BCUT2D eigenvalue weighted by molar-refractivity contribution is -0.189. The molecule has 1 atom stereocenters. The van der Waals surface area contributed by atoms with E-state index in [0.29, 0.717) is 38.7 Å². The van der Waals surface area contributed by atoms with Gasteiger partial charge in [0.15, 0.2) is 0 Å². The van der Waals surface area contributed by atoms with Gasteiger partial charge in [0.2, 0.25) is 5.60 Å². The van der Waals surface area contributed by atoms with E-state index in [1.54, 1.807) is 72.7 Å². The van der Waals surface area contributed by atoms with Crippen LogP contribution in [0.1, 0.15) is 84.4 Å². The van der Waals surface area contributed by atoms with E-state index in [4.69, 9.17) is 23.9 Å². The van der Waals surface area contributed by atoms with Crippen molar-refractivity contribution in [2.24, 2.45) is 0 Å². The second kappa shape index (κ2) is 14.6. The van der Waals surface area contributed by atoms with Gasteiger partial charge >= 0.3 is 30.3 Å². The molecule has 2 aliphatic heterocycles. The van der Waals surface area contributed by atoms with Gasteiger partial charge in [-0.1, -0.05) is 20.0 Å².